The largest absolute Gasteiger partial charge is 0.376 e. The molecule has 1 aromatic rings. The van der Waals surface area contributed by atoms with Crippen molar-refractivity contribution in [2.45, 2.75) is 25.4 Å². The molecule has 25 heavy (non-hydrogen) atoms. The van der Waals surface area contributed by atoms with Crippen molar-refractivity contribution in [3.05, 3.63) is 18.6 Å². The zero-order valence-electron chi connectivity index (χ0n) is 14.6. The van der Waals surface area contributed by atoms with Crippen molar-refractivity contribution in [1.82, 2.24) is 19.8 Å². The minimum Gasteiger partial charge on any atom is -0.376 e. The summed E-state index contributed by atoms with van der Waals surface area (Å²) in [5.74, 6) is 0.715. The Labute approximate surface area is 148 Å². The zero-order chi connectivity index (χ0) is 17.1. The quantitative estimate of drug-likeness (QED) is 0.853. The first kappa shape index (κ1) is 16.9. The van der Waals surface area contributed by atoms with E-state index in [4.69, 9.17) is 4.74 Å². The highest BCUT2D eigenvalue weighted by Gasteiger charge is 2.46. The van der Waals surface area contributed by atoms with Crippen LogP contribution in [0.3, 0.4) is 0 Å². The van der Waals surface area contributed by atoms with E-state index in [-0.39, 0.29) is 23.8 Å². The average Bonchev–Trinajstić information content (AvgIpc) is 3.22. The maximum atomic E-state index is 12.6. The summed E-state index contributed by atoms with van der Waals surface area (Å²) in [6.07, 6.45) is 8.99. The van der Waals surface area contributed by atoms with Crippen LogP contribution in [0.15, 0.2) is 18.6 Å². The number of hydrogen-bond donors (Lipinski definition) is 1. The van der Waals surface area contributed by atoms with E-state index in [0.29, 0.717) is 12.4 Å². The van der Waals surface area contributed by atoms with E-state index < -0.39 is 0 Å². The molecule has 0 saturated carbocycles. The number of aromatic nitrogens is 2. The van der Waals surface area contributed by atoms with Gasteiger partial charge in [0.2, 0.25) is 5.91 Å². The summed E-state index contributed by atoms with van der Waals surface area (Å²) >= 11 is 0. The lowest BCUT2D eigenvalue weighted by Crippen LogP contribution is -2.38. The van der Waals surface area contributed by atoms with E-state index in [1.807, 2.05) is 0 Å². The Morgan fingerprint density at radius 3 is 2.80 bits per heavy atom. The van der Waals surface area contributed by atoms with Crippen LogP contribution in [-0.2, 0) is 9.53 Å². The van der Waals surface area contributed by atoms with E-state index in [1.165, 1.54) is 32.4 Å². The molecule has 1 aromatic heterocycles. The van der Waals surface area contributed by atoms with Gasteiger partial charge in [0.05, 0.1) is 24.8 Å². The minimum atomic E-state index is -0.0907. The highest BCUT2D eigenvalue weighted by Crippen LogP contribution is 2.34. The van der Waals surface area contributed by atoms with E-state index in [2.05, 4.69) is 25.1 Å². The smallest absolute Gasteiger partial charge is 0.231 e. The molecule has 4 rings (SSSR count). The molecule has 0 radical (unpaired) electrons. The molecule has 7 nitrogen and oxygen atoms in total. The number of nitrogens with one attached hydrogen (secondary N) is 1. The maximum Gasteiger partial charge on any atom is 0.231 e. The van der Waals surface area contributed by atoms with Crippen LogP contribution in [0.2, 0.25) is 0 Å². The molecule has 0 bridgehead atoms. The number of ether oxygens (including phenoxy) is 1. The van der Waals surface area contributed by atoms with Crippen molar-refractivity contribution >= 4 is 11.7 Å². The number of likely N-dealkylation sites (tertiary alicyclic amines) is 2. The van der Waals surface area contributed by atoms with Gasteiger partial charge in [-0.3, -0.25) is 14.7 Å². The molecule has 0 aromatic carbocycles. The van der Waals surface area contributed by atoms with Gasteiger partial charge in [0.15, 0.2) is 5.82 Å². The number of anilines is 1. The molecule has 1 N–H and O–H groups in total. The second kappa shape index (κ2) is 7.76. The van der Waals surface area contributed by atoms with Gasteiger partial charge in [0.1, 0.15) is 0 Å². The monoisotopic (exact) mass is 345 g/mol. The molecule has 3 aliphatic heterocycles. The first-order valence-electron chi connectivity index (χ1n) is 9.43. The molecule has 3 aliphatic rings. The van der Waals surface area contributed by atoms with Crippen LogP contribution in [0.25, 0.3) is 0 Å². The van der Waals surface area contributed by atoms with E-state index in [0.717, 1.165) is 26.2 Å². The Kier molecular flexibility index (Phi) is 5.24. The van der Waals surface area contributed by atoms with E-state index >= 15 is 0 Å². The van der Waals surface area contributed by atoms with Crippen molar-refractivity contribution in [2.75, 3.05) is 51.2 Å². The second-order valence-corrected chi connectivity index (χ2v) is 7.38. The molecule has 0 aliphatic carbocycles. The van der Waals surface area contributed by atoms with Crippen LogP contribution >= 0.6 is 0 Å². The van der Waals surface area contributed by atoms with Gasteiger partial charge in [-0.2, -0.15) is 0 Å². The Morgan fingerprint density at radius 2 is 2.00 bits per heavy atom. The van der Waals surface area contributed by atoms with Crippen LogP contribution in [0.4, 0.5) is 5.82 Å². The third-order valence-electron chi connectivity index (χ3n) is 5.72. The minimum absolute atomic E-state index is 0.00544. The van der Waals surface area contributed by atoms with Gasteiger partial charge in [0, 0.05) is 44.5 Å². The van der Waals surface area contributed by atoms with Crippen molar-refractivity contribution in [3.63, 3.8) is 0 Å². The summed E-state index contributed by atoms with van der Waals surface area (Å²) in [7, 11) is 0. The lowest BCUT2D eigenvalue weighted by atomic mass is 9.92. The standard InChI is InChI=1S/C18H27N5O2/c24-18(21-17-10-19-4-5-20-17)15-13-25-16-12-23(11-14(15)16)9-8-22-6-2-1-3-7-22/h4-5,10,14-16H,1-3,6-9,11-13H2,(H,20,21,24)/t14-,15+,16-/m0/s1. The fourth-order valence-corrected chi connectivity index (χ4v) is 4.29. The van der Waals surface area contributed by atoms with Crippen molar-refractivity contribution in [1.29, 1.82) is 0 Å². The first-order valence-corrected chi connectivity index (χ1v) is 9.43. The molecule has 3 fully saturated rings. The number of rotatable bonds is 5. The molecule has 4 heterocycles. The van der Waals surface area contributed by atoms with E-state index in [1.54, 1.807) is 18.6 Å². The van der Waals surface area contributed by atoms with Crippen molar-refractivity contribution in [2.24, 2.45) is 11.8 Å². The second-order valence-electron chi connectivity index (χ2n) is 7.38. The summed E-state index contributed by atoms with van der Waals surface area (Å²) in [6.45, 7) is 7.11. The number of carbonyl (C=O) groups is 1. The molecule has 3 atom stereocenters. The van der Waals surface area contributed by atoms with Crippen LogP contribution in [-0.4, -0.2) is 77.7 Å². The molecular formula is C18H27N5O2. The van der Waals surface area contributed by atoms with Gasteiger partial charge in [-0.25, -0.2) is 4.98 Å². The van der Waals surface area contributed by atoms with Gasteiger partial charge in [-0.15, -0.1) is 0 Å². The maximum absolute atomic E-state index is 12.6. The third kappa shape index (κ3) is 3.99. The van der Waals surface area contributed by atoms with Crippen molar-refractivity contribution in [3.8, 4) is 0 Å². The number of amides is 1. The number of hydrogen-bond acceptors (Lipinski definition) is 6. The fourth-order valence-electron chi connectivity index (χ4n) is 4.29. The summed E-state index contributed by atoms with van der Waals surface area (Å²) in [6, 6.07) is 0. The average molecular weight is 345 g/mol. The predicted molar refractivity (Wildman–Crippen MR) is 94.1 cm³/mol. The van der Waals surface area contributed by atoms with Crippen LogP contribution < -0.4 is 5.32 Å². The number of piperidine rings is 1. The summed E-state index contributed by atoms with van der Waals surface area (Å²) in [5.41, 5.74) is 0. The predicted octanol–water partition coefficient (Wildman–Crippen LogP) is 0.848. The van der Waals surface area contributed by atoms with Gasteiger partial charge in [-0.05, 0) is 25.9 Å². The summed E-state index contributed by atoms with van der Waals surface area (Å²) < 4.78 is 5.92. The SMILES string of the molecule is O=C(Nc1cnccn1)[C@@H]1CO[C@H]2CN(CCN3CCCCC3)C[C@H]21. The molecule has 0 unspecified atom stereocenters. The highest BCUT2D eigenvalue weighted by atomic mass is 16.5. The summed E-state index contributed by atoms with van der Waals surface area (Å²) in [5, 5.41) is 2.88. The number of fused-ring (bicyclic) bond motifs is 1. The molecule has 0 spiro atoms. The topological polar surface area (TPSA) is 70.6 Å². The molecule has 3 saturated heterocycles. The number of nitrogens with zero attached hydrogens (tertiary/aromatic N) is 4. The zero-order valence-corrected chi connectivity index (χ0v) is 14.6. The van der Waals surface area contributed by atoms with Crippen LogP contribution in [0.1, 0.15) is 19.3 Å². The Balaban J connectivity index is 1.28. The lowest BCUT2D eigenvalue weighted by Gasteiger charge is -2.28. The van der Waals surface area contributed by atoms with Gasteiger partial charge in [0.25, 0.3) is 0 Å². The van der Waals surface area contributed by atoms with Crippen LogP contribution in [0, 0.1) is 11.8 Å². The first-order chi connectivity index (χ1) is 12.3. The van der Waals surface area contributed by atoms with Gasteiger partial charge in [-0.1, -0.05) is 6.42 Å². The molecule has 7 heteroatoms. The Hall–Kier alpha value is -1.57. The fraction of sp³-hybridized carbons (Fsp3) is 0.722. The lowest BCUT2D eigenvalue weighted by molar-refractivity contribution is -0.120. The third-order valence-corrected chi connectivity index (χ3v) is 5.72. The Morgan fingerprint density at radius 1 is 1.16 bits per heavy atom. The Bertz CT molecular complexity index is 578. The normalized spacial score (nSPS) is 30.3. The highest BCUT2D eigenvalue weighted by molar-refractivity contribution is 5.92. The number of carbonyl (C=O) groups excluding carboxylic acids is 1. The molecular weight excluding hydrogens is 318 g/mol. The van der Waals surface area contributed by atoms with Gasteiger partial charge < -0.3 is 15.0 Å². The molecule has 136 valence electrons. The van der Waals surface area contributed by atoms with Crippen LogP contribution in [0.5, 0.6) is 0 Å². The molecule has 1 amide bonds. The van der Waals surface area contributed by atoms with Gasteiger partial charge >= 0.3 is 0 Å². The van der Waals surface area contributed by atoms with E-state index in [9.17, 15) is 4.79 Å². The van der Waals surface area contributed by atoms with Crippen molar-refractivity contribution < 1.29 is 9.53 Å². The summed E-state index contributed by atoms with van der Waals surface area (Å²) in [4.78, 5) is 25.7.